The molecule has 1 N–H and O–H groups in total. The lowest BCUT2D eigenvalue weighted by atomic mass is 10.2. The van der Waals surface area contributed by atoms with Crippen LogP contribution in [-0.4, -0.2) is 20.6 Å². The van der Waals surface area contributed by atoms with Crippen LogP contribution in [0.25, 0.3) is 0 Å². The van der Waals surface area contributed by atoms with Gasteiger partial charge in [-0.3, -0.25) is 19.6 Å². The van der Waals surface area contributed by atoms with Gasteiger partial charge in [0.15, 0.2) is 0 Å². The number of nitrogens with zero attached hydrogens (tertiary/aromatic N) is 3. The highest BCUT2D eigenvalue weighted by atomic mass is 79.9. The number of nitro benzene ring substituents is 1. The van der Waals surface area contributed by atoms with Crippen molar-refractivity contribution in [2.45, 2.75) is 31.7 Å². The quantitative estimate of drug-likeness (QED) is 0.364. The van der Waals surface area contributed by atoms with Gasteiger partial charge < -0.3 is 5.32 Å². The van der Waals surface area contributed by atoms with Crippen LogP contribution in [0.1, 0.15) is 36.6 Å². The van der Waals surface area contributed by atoms with E-state index >= 15 is 0 Å². The first-order chi connectivity index (χ1) is 12.7. The number of hydrogen-bond donors (Lipinski definition) is 1. The summed E-state index contributed by atoms with van der Waals surface area (Å²) in [5, 5.41) is 17.4. The molecule has 3 rings (SSSR count). The lowest BCUT2D eigenvalue weighted by Gasteiger charge is -2.11. The standard InChI is InChI=1S/C15H11Br3F2N4O3/c16-8-3-7(24(26)27)4-9(17)12(8)21-10(25)5-23-14(6-1-2-6)11(18)13(22-23)15(19)20/h3-4,6,15H,1-2,5H2,(H,21,25). The molecule has 1 saturated carbocycles. The van der Waals surface area contributed by atoms with Crippen molar-refractivity contribution in [3.63, 3.8) is 0 Å². The number of benzene rings is 1. The van der Waals surface area contributed by atoms with E-state index in [1.54, 1.807) is 0 Å². The van der Waals surface area contributed by atoms with Gasteiger partial charge in [-0.25, -0.2) is 8.78 Å². The zero-order chi connectivity index (χ0) is 19.9. The summed E-state index contributed by atoms with van der Waals surface area (Å²) >= 11 is 9.54. The predicted molar refractivity (Wildman–Crippen MR) is 104 cm³/mol. The number of rotatable bonds is 6. The molecule has 1 fully saturated rings. The molecule has 0 bridgehead atoms. The highest BCUT2D eigenvalue weighted by Crippen LogP contribution is 2.45. The van der Waals surface area contributed by atoms with E-state index < -0.39 is 17.3 Å². The van der Waals surface area contributed by atoms with Gasteiger partial charge in [0.25, 0.3) is 12.1 Å². The van der Waals surface area contributed by atoms with Crippen LogP contribution in [0.15, 0.2) is 25.6 Å². The normalized spacial score (nSPS) is 13.9. The molecule has 0 radical (unpaired) electrons. The van der Waals surface area contributed by atoms with Crippen molar-refractivity contribution >= 4 is 65.1 Å². The second-order valence-corrected chi connectivity index (χ2v) is 8.41. The van der Waals surface area contributed by atoms with Crippen LogP contribution in [0.3, 0.4) is 0 Å². The van der Waals surface area contributed by atoms with E-state index in [0.717, 1.165) is 12.8 Å². The first-order valence-electron chi connectivity index (χ1n) is 7.66. The Balaban J connectivity index is 1.83. The number of alkyl halides is 2. The molecular weight excluding hydrogens is 562 g/mol. The van der Waals surface area contributed by atoms with Gasteiger partial charge in [-0.05, 0) is 60.6 Å². The van der Waals surface area contributed by atoms with Crippen molar-refractivity contribution in [2.24, 2.45) is 0 Å². The molecule has 1 aromatic heterocycles. The van der Waals surface area contributed by atoms with Gasteiger partial charge in [-0.15, -0.1) is 0 Å². The number of non-ortho nitro benzene ring substituents is 1. The van der Waals surface area contributed by atoms with Gasteiger partial charge in [0, 0.05) is 27.0 Å². The first kappa shape index (κ1) is 20.3. The molecule has 1 amide bonds. The van der Waals surface area contributed by atoms with Gasteiger partial charge in [0.1, 0.15) is 12.2 Å². The molecule has 1 aromatic carbocycles. The van der Waals surface area contributed by atoms with Crippen LogP contribution in [0.4, 0.5) is 20.2 Å². The second kappa shape index (κ2) is 7.92. The molecule has 1 aliphatic carbocycles. The van der Waals surface area contributed by atoms with Crippen LogP contribution >= 0.6 is 47.8 Å². The van der Waals surface area contributed by atoms with E-state index in [4.69, 9.17) is 0 Å². The van der Waals surface area contributed by atoms with Gasteiger partial charge in [-0.1, -0.05) is 0 Å². The summed E-state index contributed by atoms with van der Waals surface area (Å²) in [6, 6.07) is 2.52. The number of nitro groups is 1. The average Bonchev–Trinajstić information content (AvgIpc) is 3.35. The van der Waals surface area contributed by atoms with Crippen molar-refractivity contribution in [1.29, 1.82) is 0 Å². The SMILES string of the molecule is O=C(Cn1nc(C(F)F)c(Br)c1C1CC1)Nc1c(Br)cc([N+](=O)[O-])cc1Br. The minimum Gasteiger partial charge on any atom is -0.323 e. The molecular formula is C15H11Br3F2N4O3. The molecule has 27 heavy (non-hydrogen) atoms. The van der Waals surface area contributed by atoms with Gasteiger partial charge in [0.2, 0.25) is 5.91 Å². The van der Waals surface area contributed by atoms with E-state index in [0.29, 0.717) is 20.3 Å². The third-order valence-corrected chi connectivity index (χ3v) is 5.99. The summed E-state index contributed by atoms with van der Waals surface area (Å²) in [6.45, 7) is -0.257. The summed E-state index contributed by atoms with van der Waals surface area (Å²) < 4.78 is 28.4. The van der Waals surface area contributed by atoms with Crippen LogP contribution in [0.2, 0.25) is 0 Å². The topological polar surface area (TPSA) is 90.1 Å². The van der Waals surface area contributed by atoms with Crippen LogP contribution in [0, 0.1) is 10.1 Å². The Hall–Kier alpha value is -1.40. The summed E-state index contributed by atoms with van der Waals surface area (Å²) in [5.41, 5.74) is 0.351. The van der Waals surface area contributed by atoms with Crippen molar-refractivity contribution < 1.29 is 18.5 Å². The van der Waals surface area contributed by atoms with E-state index in [2.05, 4.69) is 58.2 Å². The maximum atomic E-state index is 13.1. The average molecular weight is 573 g/mol. The highest BCUT2D eigenvalue weighted by Gasteiger charge is 2.34. The Bertz CT molecular complexity index is 908. The summed E-state index contributed by atoms with van der Waals surface area (Å²) in [7, 11) is 0. The molecule has 7 nitrogen and oxygen atoms in total. The molecule has 2 aromatic rings. The number of amides is 1. The Morgan fingerprint density at radius 1 is 1.33 bits per heavy atom. The minimum atomic E-state index is -2.75. The van der Waals surface area contributed by atoms with Crippen molar-refractivity contribution in [3.05, 3.63) is 47.1 Å². The number of hydrogen-bond acceptors (Lipinski definition) is 4. The third kappa shape index (κ3) is 4.37. The Morgan fingerprint density at radius 3 is 2.41 bits per heavy atom. The van der Waals surface area contributed by atoms with Crippen molar-refractivity contribution in [3.8, 4) is 0 Å². The predicted octanol–water partition coefficient (Wildman–Crippen LogP) is 5.53. The molecule has 0 spiro atoms. The van der Waals surface area contributed by atoms with Gasteiger partial charge >= 0.3 is 0 Å². The van der Waals surface area contributed by atoms with E-state index in [1.165, 1.54) is 16.8 Å². The molecule has 1 aliphatic rings. The molecule has 0 aliphatic heterocycles. The summed E-state index contributed by atoms with van der Waals surface area (Å²) in [6.07, 6.45) is -1.04. The number of carbonyl (C=O) groups is 1. The zero-order valence-corrected chi connectivity index (χ0v) is 18.1. The summed E-state index contributed by atoms with van der Waals surface area (Å²) in [4.78, 5) is 22.8. The van der Waals surface area contributed by atoms with E-state index in [1.807, 2.05) is 0 Å². The van der Waals surface area contributed by atoms with Crippen LogP contribution < -0.4 is 5.32 Å². The number of aromatic nitrogens is 2. The number of nitrogens with one attached hydrogen (secondary N) is 1. The van der Waals surface area contributed by atoms with Gasteiger partial charge in [-0.2, -0.15) is 5.10 Å². The first-order valence-corrected chi connectivity index (χ1v) is 10.0. The molecule has 0 atom stereocenters. The fourth-order valence-corrected chi connectivity index (χ4v) is 4.72. The molecule has 0 unspecified atom stereocenters. The second-order valence-electron chi connectivity index (χ2n) is 5.91. The number of anilines is 1. The maximum Gasteiger partial charge on any atom is 0.283 e. The van der Waals surface area contributed by atoms with Crippen LogP contribution in [0.5, 0.6) is 0 Å². The molecule has 12 heteroatoms. The fourth-order valence-electron chi connectivity index (χ4n) is 2.58. The Morgan fingerprint density at radius 2 is 1.93 bits per heavy atom. The Labute approximate surface area is 177 Å². The fraction of sp³-hybridized carbons (Fsp3) is 0.333. The largest absolute Gasteiger partial charge is 0.323 e. The molecule has 1 heterocycles. The lowest BCUT2D eigenvalue weighted by Crippen LogP contribution is -2.21. The van der Waals surface area contributed by atoms with Crippen molar-refractivity contribution in [1.82, 2.24) is 9.78 Å². The minimum absolute atomic E-state index is 0.102. The van der Waals surface area contributed by atoms with E-state index in [-0.39, 0.29) is 28.3 Å². The van der Waals surface area contributed by atoms with E-state index in [9.17, 15) is 23.7 Å². The molecule has 144 valence electrons. The number of carbonyl (C=O) groups excluding carboxylic acids is 1. The summed E-state index contributed by atoms with van der Waals surface area (Å²) in [5.74, 6) is -0.395. The maximum absolute atomic E-state index is 13.1. The monoisotopic (exact) mass is 570 g/mol. The van der Waals surface area contributed by atoms with Crippen molar-refractivity contribution in [2.75, 3.05) is 5.32 Å². The highest BCUT2D eigenvalue weighted by molar-refractivity contribution is 9.11. The molecule has 0 saturated heterocycles. The number of halogens is 5. The Kier molecular flexibility index (Phi) is 5.96. The zero-order valence-electron chi connectivity index (χ0n) is 13.4. The lowest BCUT2D eigenvalue weighted by molar-refractivity contribution is -0.385. The third-order valence-electron chi connectivity index (χ3n) is 3.92. The van der Waals surface area contributed by atoms with Crippen LogP contribution in [-0.2, 0) is 11.3 Å². The smallest absolute Gasteiger partial charge is 0.283 e. The van der Waals surface area contributed by atoms with Gasteiger partial charge in [0.05, 0.1) is 20.8 Å².